The molecule has 0 radical (unpaired) electrons. The smallest absolute Gasteiger partial charge is 0.158 e. The number of rotatable bonds is 4. The molecule has 1 atom stereocenters. The van der Waals surface area contributed by atoms with Crippen molar-refractivity contribution < 1.29 is 0 Å². The molecule has 1 aliphatic carbocycles. The predicted octanol–water partition coefficient (Wildman–Crippen LogP) is 4.52. The van der Waals surface area contributed by atoms with E-state index in [0.29, 0.717) is 5.92 Å². The molecule has 1 saturated carbocycles. The van der Waals surface area contributed by atoms with Gasteiger partial charge in [-0.3, -0.25) is 0 Å². The Morgan fingerprint density at radius 1 is 1.24 bits per heavy atom. The zero-order valence-electron chi connectivity index (χ0n) is 14.2. The minimum atomic E-state index is 0.237. The molecule has 1 aromatic carbocycles. The van der Waals surface area contributed by atoms with Gasteiger partial charge in [-0.25, -0.2) is 14.5 Å². The molecule has 0 saturated heterocycles. The van der Waals surface area contributed by atoms with Crippen molar-refractivity contribution in [2.45, 2.75) is 32.7 Å². The van der Waals surface area contributed by atoms with Crippen LogP contribution in [0.15, 0.2) is 36.5 Å². The van der Waals surface area contributed by atoms with E-state index in [2.05, 4.69) is 40.5 Å². The molecular formula is C19H19N5S. The van der Waals surface area contributed by atoms with Gasteiger partial charge in [0.1, 0.15) is 10.8 Å². The number of nitrogens with zero attached hydrogens (tertiary/aromatic N) is 4. The number of benzene rings is 1. The largest absolute Gasteiger partial charge is 0.360 e. The van der Waals surface area contributed by atoms with Gasteiger partial charge in [0, 0.05) is 22.5 Å². The second kappa shape index (κ2) is 5.52. The molecule has 0 aliphatic heterocycles. The van der Waals surface area contributed by atoms with Crippen LogP contribution in [0.3, 0.4) is 0 Å². The Labute approximate surface area is 149 Å². The Balaban J connectivity index is 1.65. The van der Waals surface area contributed by atoms with Gasteiger partial charge in [-0.15, -0.1) is 11.3 Å². The van der Waals surface area contributed by atoms with E-state index in [1.165, 1.54) is 17.7 Å². The van der Waals surface area contributed by atoms with Crippen LogP contribution in [-0.2, 0) is 0 Å². The van der Waals surface area contributed by atoms with E-state index >= 15 is 0 Å². The lowest BCUT2D eigenvalue weighted by atomic mass is 10.1. The Kier molecular flexibility index (Phi) is 3.28. The van der Waals surface area contributed by atoms with Gasteiger partial charge in [0.05, 0.1) is 17.3 Å². The number of aromatic nitrogens is 4. The number of nitrogens with one attached hydrogen (secondary N) is 1. The lowest BCUT2D eigenvalue weighted by Gasteiger charge is -2.18. The second-order valence-corrected chi connectivity index (χ2v) is 8.07. The Morgan fingerprint density at radius 3 is 2.84 bits per heavy atom. The minimum Gasteiger partial charge on any atom is -0.360 e. The number of para-hydroxylation sites is 1. The topological polar surface area (TPSA) is 55.1 Å². The predicted molar refractivity (Wildman–Crippen MR) is 101 cm³/mol. The maximum absolute atomic E-state index is 4.87. The first-order valence-corrected chi connectivity index (χ1v) is 9.45. The van der Waals surface area contributed by atoms with Crippen LogP contribution in [0, 0.1) is 19.8 Å². The van der Waals surface area contributed by atoms with Crippen LogP contribution in [0.5, 0.6) is 0 Å². The van der Waals surface area contributed by atoms with E-state index in [0.717, 1.165) is 33.1 Å². The summed E-state index contributed by atoms with van der Waals surface area (Å²) in [5.74, 6) is 1.57. The third kappa shape index (κ3) is 2.57. The standard InChI is InChI=1S/C19H19N5S/c1-11-9-16-21-18(14-5-3-4-6-15(14)24(16)23-11)22-17(13-7-8-13)19-20-10-12(2)25-19/h3-6,9-10,13,17H,7-8H2,1-2H3,(H,21,22)/t17-/m1/s1. The van der Waals surface area contributed by atoms with Crippen molar-refractivity contribution in [2.75, 3.05) is 5.32 Å². The monoisotopic (exact) mass is 349 g/mol. The van der Waals surface area contributed by atoms with Gasteiger partial charge in [-0.1, -0.05) is 12.1 Å². The Hall–Kier alpha value is -2.47. The number of fused-ring (bicyclic) bond motifs is 3. The van der Waals surface area contributed by atoms with Gasteiger partial charge in [0.15, 0.2) is 5.65 Å². The summed E-state index contributed by atoms with van der Waals surface area (Å²) >= 11 is 1.78. The molecule has 5 rings (SSSR count). The van der Waals surface area contributed by atoms with E-state index < -0.39 is 0 Å². The summed E-state index contributed by atoms with van der Waals surface area (Å²) in [5.41, 5.74) is 2.93. The summed E-state index contributed by atoms with van der Waals surface area (Å²) in [6.45, 7) is 4.11. The Bertz CT molecular complexity index is 1080. The molecule has 0 spiro atoms. The SMILES string of the molecule is Cc1cc2nc(N[C@@H](c3ncc(C)s3)C3CC3)c3ccccc3n2n1. The molecule has 126 valence electrons. The van der Waals surface area contributed by atoms with Gasteiger partial charge < -0.3 is 5.32 Å². The first-order valence-electron chi connectivity index (χ1n) is 8.63. The summed E-state index contributed by atoms with van der Waals surface area (Å²) in [5, 5.41) is 10.6. The number of thiazole rings is 1. The van der Waals surface area contributed by atoms with Crippen LogP contribution in [0.4, 0.5) is 5.82 Å². The highest BCUT2D eigenvalue weighted by atomic mass is 32.1. The van der Waals surface area contributed by atoms with Crippen LogP contribution in [0.2, 0.25) is 0 Å². The molecular weight excluding hydrogens is 330 g/mol. The van der Waals surface area contributed by atoms with Crippen molar-refractivity contribution in [1.29, 1.82) is 0 Å². The zero-order chi connectivity index (χ0) is 17.0. The molecule has 6 heteroatoms. The average Bonchev–Trinajstić information content (AvgIpc) is 3.25. The van der Waals surface area contributed by atoms with Crippen LogP contribution >= 0.6 is 11.3 Å². The number of anilines is 1. The summed E-state index contributed by atoms with van der Waals surface area (Å²) < 4.78 is 1.93. The van der Waals surface area contributed by atoms with Crippen molar-refractivity contribution in [1.82, 2.24) is 19.6 Å². The van der Waals surface area contributed by atoms with Gasteiger partial charge in [0.25, 0.3) is 0 Å². The minimum absolute atomic E-state index is 0.237. The molecule has 4 aromatic rings. The molecule has 3 aromatic heterocycles. The lowest BCUT2D eigenvalue weighted by molar-refractivity contribution is 0.671. The normalized spacial score (nSPS) is 15.8. The summed E-state index contributed by atoms with van der Waals surface area (Å²) in [6.07, 6.45) is 4.47. The molecule has 5 nitrogen and oxygen atoms in total. The maximum Gasteiger partial charge on any atom is 0.158 e. The third-order valence-electron chi connectivity index (χ3n) is 4.72. The highest BCUT2D eigenvalue weighted by Gasteiger charge is 2.34. The van der Waals surface area contributed by atoms with Crippen LogP contribution < -0.4 is 5.32 Å². The third-order valence-corrected chi connectivity index (χ3v) is 5.71. The summed E-state index contributed by atoms with van der Waals surface area (Å²) in [4.78, 5) is 10.8. The number of aryl methyl sites for hydroxylation is 2. The van der Waals surface area contributed by atoms with E-state index in [1.807, 2.05) is 29.8 Å². The molecule has 3 heterocycles. The highest BCUT2D eigenvalue weighted by Crippen LogP contribution is 2.44. The fourth-order valence-corrected chi connectivity index (χ4v) is 4.28. The fourth-order valence-electron chi connectivity index (χ4n) is 3.36. The van der Waals surface area contributed by atoms with Crippen molar-refractivity contribution in [3.05, 3.63) is 52.1 Å². The van der Waals surface area contributed by atoms with Crippen LogP contribution in [0.25, 0.3) is 16.6 Å². The van der Waals surface area contributed by atoms with E-state index in [4.69, 9.17) is 4.98 Å². The molecule has 0 amide bonds. The van der Waals surface area contributed by atoms with Crippen molar-refractivity contribution >= 4 is 33.7 Å². The van der Waals surface area contributed by atoms with Crippen LogP contribution in [-0.4, -0.2) is 19.6 Å². The van der Waals surface area contributed by atoms with Gasteiger partial charge >= 0.3 is 0 Å². The molecule has 1 aliphatic rings. The number of hydrogen-bond donors (Lipinski definition) is 1. The van der Waals surface area contributed by atoms with Crippen molar-refractivity contribution in [3.63, 3.8) is 0 Å². The molecule has 0 bridgehead atoms. The summed E-state index contributed by atoms with van der Waals surface area (Å²) in [7, 11) is 0. The van der Waals surface area contributed by atoms with Gasteiger partial charge in [-0.05, 0) is 44.7 Å². The zero-order valence-corrected chi connectivity index (χ0v) is 15.0. The first kappa shape index (κ1) is 14.8. The summed E-state index contributed by atoms with van der Waals surface area (Å²) in [6, 6.07) is 10.6. The van der Waals surface area contributed by atoms with E-state index in [1.54, 1.807) is 11.3 Å². The first-order chi connectivity index (χ1) is 12.2. The van der Waals surface area contributed by atoms with Gasteiger partial charge in [-0.2, -0.15) is 5.10 Å². The van der Waals surface area contributed by atoms with Crippen molar-refractivity contribution in [2.24, 2.45) is 5.92 Å². The van der Waals surface area contributed by atoms with Gasteiger partial charge in [0.2, 0.25) is 0 Å². The number of hydrogen-bond acceptors (Lipinski definition) is 5. The molecule has 25 heavy (non-hydrogen) atoms. The maximum atomic E-state index is 4.87. The quantitative estimate of drug-likeness (QED) is 0.588. The van der Waals surface area contributed by atoms with Crippen molar-refractivity contribution in [3.8, 4) is 0 Å². The van der Waals surface area contributed by atoms with Crippen LogP contribution in [0.1, 0.15) is 34.5 Å². The second-order valence-electron chi connectivity index (χ2n) is 6.80. The highest BCUT2D eigenvalue weighted by molar-refractivity contribution is 7.11. The fraction of sp³-hybridized carbons (Fsp3) is 0.316. The van der Waals surface area contributed by atoms with E-state index in [-0.39, 0.29) is 6.04 Å². The van der Waals surface area contributed by atoms with E-state index in [9.17, 15) is 0 Å². The Morgan fingerprint density at radius 2 is 2.08 bits per heavy atom. The average molecular weight is 349 g/mol. The molecule has 1 N–H and O–H groups in total. The molecule has 1 fully saturated rings. The molecule has 0 unspecified atom stereocenters. The lowest BCUT2D eigenvalue weighted by Crippen LogP contribution is -2.14.